The molecule has 0 fully saturated rings. The Kier molecular flexibility index (Phi) is 6.75. The molecule has 2 amide bonds. The van der Waals surface area contributed by atoms with Gasteiger partial charge >= 0.3 is 6.61 Å². The first-order valence-corrected chi connectivity index (χ1v) is 9.21. The van der Waals surface area contributed by atoms with Gasteiger partial charge in [0.2, 0.25) is 0 Å². The maximum absolute atomic E-state index is 12.6. The Morgan fingerprint density at radius 1 is 0.900 bits per heavy atom. The van der Waals surface area contributed by atoms with Crippen molar-refractivity contribution >= 4 is 17.5 Å². The van der Waals surface area contributed by atoms with Crippen molar-refractivity contribution in [3.05, 3.63) is 95.1 Å². The SMILES string of the molecule is Cc1ccc(CNC(=O)c2ccccc2NC(=O)c2ccc(OC(F)F)cc2)cc1. The van der Waals surface area contributed by atoms with Gasteiger partial charge in [-0.2, -0.15) is 8.78 Å². The normalized spacial score (nSPS) is 10.5. The van der Waals surface area contributed by atoms with Crippen LogP contribution in [0.1, 0.15) is 31.8 Å². The Morgan fingerprint density at radius 3 is 2.23 bits per heavy atom. The predicted molar refractivity (Wildman–Crippen MR) is 110 cm³/mol. The summed E-state index contributed by atoms with van der Waals surface area (Å²) in [6.07, 6.45) is 0. The summed E-state index contributed by atoms with van der Waals surface area (Å²) < 4.78 is 28.7. The molecule has 0 saturated heterocycles. The third-order valence-electron chi connectivity index (χ3n) is 4.34. The van der Waals surface area contributed by atoms with Crippen LogP contribution in [0.15, 0.2) is 72.8 Å². The molecule has 2 N–H and O–H groups in total. The average molecular weight is 410 g/mol. The van der Waals surface area contributed by atoms with Crippen LogP contribution in [-0.4, -0.2) is 18.4 Å². The van der Waals surface area contributed by atoms with Gasteiger partial charge in [0.1, 0.15) is 5.75 Å². The number of carbonyl (C=O) groups is 2. The molecule has 0 radical (unpaired) electrons. The zero-order valence-electron chi connectivity index (χ0n) is 16.2. The fourth-order valence-electron chi connectivity index (χ4n) is 2.76. The molecule has 5 nitrogen and oxygen atoms in total. The van der Waals surface area contributed by atoms with Crippen LogP contribution < -0.4 is 15.4 Å². The van der Waals surface area contributed by atoms with Gasteiger partial charge < -0.3 is 15.4 Å². The molecule has 0 heterocycles. The van der Waals surface area contributed by atoms with E-state index in [2.05, 4.69) is 15.4 Å². The van der Waals surface area contributed by atoms with Gasteiger partial charge in [-0.25, -0.2) is 0 Å². The molecule has 3 aromatic rings. The number of benzene rings is 3. The quantitative estimate of drug-likeness (QED) is 0.589. The summed E-state index contributed by atoms with van der Waals surface area (Å²) in [6, 6.07) is 19.7. The second kappa shape index (κ2) is 9.65. The number of nitrogens with one attached hydrogen (secondary N) is 2. The molecule has 0 spiro atoms. The zero-order valence-corrected chi connectivity index (χ0v) is 16.2. The third-order valence-corrected chi connectivity index (χ3v) is 4.34. The molecule has 7 heteroatoms. The van der Waals surface area contributed by atoms with E-state index in [4.69, 9.17) is 0 Å². The number of hydrogen-bond acceptors (Lipinski definition) is 3. The third kappa shape index (κ3) is 5.64. The number of halogens is 2. The summed E-state index contributed by atoms with van der Waals surface area (Å²) in [6.45, 7) is -0.594. The predicted octanol–water partition coefficient (Wildman–Crippen LogP) is 4.78. The molecule has 30 heavy (non-hydrogen) atoms. The van der Waals surface area contributed by atoms with Crippen LogP contribution in [0.2, 0.25) is 0 Å². The molecular weight excluding hydrogens is 390 g/mol. The van der Waals surface area contributed by atoms with E-state index in [1.807, 2.05) is 31.2 Å². The summed E-state index contributed by atoms with van der Waals surface area (Å²) in [5.41, 5.74) is 2.99. The van der Waals surface area contributed by atoms with Crippen molar-refractivity contribution in [2.45, 2.75) is 20.1 Å². The first-order chi connectivity index (χ1) is 14.4. The number of anilines is 1. The topological polar surface area (TPSA) is 67.4 Å². The average Bonchev–Trinajstić information content (AvgIpc) is 2.73. The number of rotatable bonds is 7. The van der Waals surface area contributed by atoms with Crippen LogP contribution in [0.4, 0.5) is 14.5 Å². The van der Waals surface area contributed by atoms with Gasteiger partial charge in [-0.3, -0.25) is 9.59 Å². The summed E-state index contributed by atoms with van der Waals surface area (Å²) in [5.74, 6) is -0.845. The van der Waals surface area contributed by atoms with Crippen LogP contribution in [-0.2, 0) is 6.54 Å². The van der Waals surface area contributed by atoms with Crippen LogP contribution in [0.25, 0.3) is 0 Å². The van der Waals surface area contributed by atoms with E-state index in [1.165, 1.54) is 24.3 Å². The lowest BCUT2D eigenvalue weighted by Gasteiger charge is -2.12. The van der Waals surface area contributed by atoms with Crippen molar-refractivity contribution in [1.29, 1.82) is 0 Å². The number of aryl methyl sites for hydroxylation is 1. The molecule has 0 aromatic heterocycles. The summed E-state index contributed by atoms with van der Waals surface area (Å²) >= 11 is 0. The Labute approximate surface area is 172 Å². The Hall–Kier alpha value is -3.74. The van der Waals surface area contributed by atoms with Crippen molar-refractivity contribution in [2.75, 3.05) is 5.32 Å². The molecule has 154 valence electrons. The minimum Gasteiger partial charge on any atom is -0.435 e. The number of hydrogen-bond donors (Lipinski definition) is 2. The molecule has 3 rings (SSSR count). The van der Waals surface area contributed by atoms with Crippen LogP contribution in [0.3, 0.4) is 0 Å². The molecule has 0 aliphatic rings. The van der Waals surface area contributed by atoms with E-state index in [-0.39, 0.29) is 17.2 Å². The summed E-state index contributed by atoms with van der Waals surface area (Å²) in [5, 5.41) is 5.52. The van der Waals surface area contributed by atoms with Crippen LogP contribution in [0, 0.1) is 6.92 Å². The Morgan fingerprint density at radius 2 is 1.57 bits per heavy atom. The van der Waals surface area contributed by atoms with Crippen molar-refractivity contribution in [2.24, 2.45) is 0 Å². The van der Waals surface area contributed by atoms with E-state index in [9.17, 15) is 18.4 Å². The van der Waals surface area contributed by atoms with Crippen molar-refractivity contribution in [3.8, 4) is 5.75 Å². The van der Waals surface area contributed by atoms with E-state index < -0.39 is 12.5 Å². The second-order valence-corrected chi connectivity index (χ2v) is 6.57. The fraction of sp³-hybridized carbons (Fsp3) is 0.130. The summed E-state index contributed by atoms with van der Waals surface area (Å²) in [7, 11) is 0. The molecule has 0 aliphatic heterocycles. The zero-order chi connectivity index (χ0) is 21.5. The maximum Gasteiger partial charge on any atom is 0.387 e. The smallest absolute Gasteiger partial charge is 0.387 e. The Balaban J connectivity index is 1.67. The molecule has 3 aromatic carbocycles. The van der Waals surface area contributed by atoms with Gasteiger partial charge in [0, 0.05) is 12.1 Å². The number of amides is 2. The summed E-state index contributed by atoms with van der Waals surface area (Å²) in [4.78, 5) is 25.1. The maximum atomic E-state index is 12.6. The molecular formula is C23H20F2N2O3. The van der Waals surface area contributed by atoms with Crippen molar-refractivity contribution in [3.63, 3.8) is 0 Å². The highest BCUT2D eigenvalue weighted by atomic mass is 19.3. The van der Waals surface area contributed by atoms with Crippen molar-refractivity contribution in [1.82, 2.24) is 5.32 Å². The first-order valence-electron chi connectivity index (χ1n) is 9.21. The number of carbonyl (C=O) groups excluding carboxylic acids is 2. The first kappa shape index (κ1) is 21.0. The van der Waals surface area contributed by atoms with E-state index in [0.29, 0.717) is 17.8 Å². The lowest BCUT2D eigenvalue weighted by atomic mass is 10.1. The van der Waals surface area contributed by atoms with Crippen molar-refractivity contribution < 1.29 is 23.1 Å². The highest BCUT2D eigenvalue weighted by Gasteiger charge is 2.14. The largest absolute Gasteiger partial charge is 0.435 e. The van der Waals surface area contributed by atoms with Gasteiger partial charge in [-0.1, -0.05) is 42.0 Å². The van der Waals surface area contributed by atoms with Gasteiger partial charge in [0.25, 0.3) is 11.8 Å². The number of alkyl halides is 2. The molecule has 0 bridgehead atoms. The lowest BCUT2D eigenvalue weighted by Crippen LogP contribution is -2.24. The van der Waals surface area contributed by atoms with E-state index >= 15 is 0 Å². The lowest BCUT2D eigenvalue weighted by molar-refractivity contribution is -0.0498. The van der Waals surface area contributed by atoms with Gasteiger partial charge in [-0.15, -0.1) is 0 Å². The standard InChI is InChI=1S/C23H20F2N2O3/c1-15-6-8-16(9-7-15)14-26-22(29)19-4-2-3-5-20(19)27-21(28)17-10-12-18(13-11-17)30-23(24)25/h2-13,23H,14H2,1H3,(H,26,29)(H,27,28). The molecule has 0 aliphatic carbocycles. The number of para-hydroxylation sites is 1. The van der Waals surface area contributed by atoms with Crippen LogP contribution >= 0.6 is 0 Å². The highest BCUT2D eigenvalue weighted by Crippen LogP contribution is 2.19. The van der Waals surface area contributed by atoms with E-state index in [1.54, 1.807) is 24.3 Å². The van der Waals surface area contributed by atoms with Gasteiger partial charge in [0.15, 0.2) is 0 Å². The second-order valence-electron chi connectivity index (χ2n) is 6.57. The fourth-order valence-corrected chi connectivity index (χ4v) is 2.76. The van der Waals surface area contributed by atoms with Gasteiger partial charge in [0.05, 0.1) is 11.3 Å². The monoisotopic (exact) mass is 410 g/mol. The van der Waals surface area contributed by atoms with Crippen LogP contribution in [0.5, 0.6) is 5.75 Å². The molecule has 0 unspecified atom stereocenters. The molecule has 0 atom stereocenters. The molecule has 0 saturated carbocycles. The Bertz CT molecular complexity index is 1020. The minimum atomic E-state index is -2.94. The highest BCUT2D eigenvalue weighted by molar-refractivity contribution is 6.09. The van der Waals surface area contributed by atoms with E-state index in [0.717, 1.165) is 11.1 Å². The number of ether oxygens (including phenoxy) is 1. The van der Waals surface area contributed by atoms with Gasteiger partial charge in [-0.05, 0) is 48.9 Å². The minimum absolute atomic E-state index is 0.0440.